The van der Waals surface area contributed by atoms with Crippen LogP contribution in [0.3, 0.4) is 0 Å². The molecule has 1 saturated heterocycles. The molecule has 2 fully saturated rings. The molecule has 9 heteroatoms. The third-order valence-corrected chi connectivity index (χ3v) is 6.05. The minimum absolute atomic E-state index is 0. The zero-order valence-corrected chi connectivity index (χ0v) is 18.7. The van der Waals surface area contributed by atoms with Gasteiger partial charge in [-0.05, 0) is 25.2 Å². The number of nitrogens with one attached hydrogen (secondary N) is 2. The van der Waals surface area contributed by atoms with Crippen molar-refractivity contribution in [1.29, 1.82) is 0 Å². The molecule has 7 nitrogen and oxygen atoms in total. The van der Waals surface area contributed by atoms with E-state index in [1.165, 1.54) is 0 Å². The molecule has 0 bridgehead atoms. The van der Waals surface area contributed by atoms with Gasteiger partial charge in [0.25, 0.3) is 0 Å². The van der Waals surface area contributed by atoms with Crippen LogP contribution in [0, 0.1) is 11.8 Å². The number of amides is 2. The van der Waals surface area contributed by atoms with Gasteiger partial charge in [-0.25, -0.2) is 5.43 Å². The number of nitrogens with zero attached hydrogens (tertiary/aromatic N) is 2. The molecule has 1 saturated carbocycles. The van der Waals surface area contributed by atoms with E-state index in [4.69, 9.17) is 0 Å². The molecule has 1 aliphatic heterocycles. The Balaban J connectivity index is 0.00000392. The molecule has 2 N–H and O–H groups in total. The normalized spacial score (nSPS) is 20.0. The molecule has 0 unspecified atom stereocenters. The summed E-state index contributed by atoms with van der Waals surface area (Å²) in [4.78, 5) is 39.5. The summed E-state index contributed by atoms with van der Waals surface area (Å²) in [6.07, 6.45) is 5.95. The molecule has 0 aromatic heterocycles. The first kappa shape index (κ1) is 24.8. The van der Waals surface area contributed by atoms with Gasteiger partial charge in [0.2, 0.25) is 11.7 Å². The highest BCUT2D eigenvalue weighted by atomic mass is 35.5. The van der Waals surface area contributed by atoms with E-state index in [1.54, 1.807) is 11.8 Å². The summed E-state index contributed by atoms with van der Waals surface area (Å²) in [5.41, 5.74) is 2.39. The van der Waals surface area contributed by atoms with Crippen LogP contribution >= 0.6 is 24.2 Å². The highest BCUT2D eigenvalue weighted by Crippen LogP contribution is 2.24. The molecular weight excluding hydrogens is 400 g/mol. The number of ketones is 1. The first-order valence-corrected chi connectivity index (χ1v) is 11.0. The number of hydrogen-bond acceptors (Lipinski definition) is 5. The van der Waals surface area contributed by atoms with Gasteiger partial charge in [0.05, 0.1) is 6.04 Å². The third kappa shape index (κ3) is 6.95. The molecular formula is C19H33ClN4O3S. The zero-order valence-electron chi connectivity index (χ0n) is 17.0. The Hall–Kier alpha value is -1.28. The van der Waals surface area contributed by atoms with Crippen molar-refractivity contribution in [3.63, 3.8) is 0 Å². The van der Waals surface area contributed by atoms with Gasteiger partial charge in [-0.1, -0.05) is 51.8 Å². The van der Waals surface area contributed by atoms with Crippen molar-refractivity contribution in [3.05, 3.63) is 0 Å². The molecule has 2 rings (SSSR count). The number of Topliss-reactive ketones (excluding diaryl/α,β-unsaturated/α-hetero) is 1. The summed E-state index contributed by atoms with van der Waals surface area (Å²) in [6, 6.07) is -0.817. The number of amidine groups is 1. The number of rotatable bonds is 8. The largest absolute Gasteiger partial charge is 0.349 e. The van der Waals surface area contributed by atoms with E-state index in [2.05, 4.69) is 27.7 Å². The lowest BCUT2D eigenvalue weighted by molar-refractivity contribution is -0.141. The van der Waals surface area contributed by atoms with E-state index in [-0.39, 0.29) is 30.2 Å². The second-order valence-electron chi connectivity index (χ2n) is 7.60. The van der Waals surface area contributed by atoms with Gasteiger partial charge in [-0.3, -0.25) is 14.4 Å². The van der Waals surface area contributed by atoms with Crippen LogP contribution in [0.4, 0.5) is 0 Å². The molecule has 1 aliphatic carbocycles. The highest BCUT2D eigenvalue weighted by Gasteiger charge is 2.32. The van der Waals surface area contributed by atoms with Crippen LogP contribution < -0.4 is 10.7 Å². The van der Waals surface area contributed by atoms with Crippen molar-refractivity contribution < 1.29 is 14.4 Å². The summed E-state index contributed by atoms with van der Waals surface area (Å²) in [6.45, 7) is 7.53. The Labute approximate surface area is 178 Å². The van der Waals surface area contributed by atoms with Crippen molar-refractivity contribution in [3.8, 4) is 0 Å². The lowest BCUT2D eigenvalue weighted by Crippen LogP contribution is -2.51. The van der Waals surface area contributed by atoms with Gasteiger partial charge >= 0.3 is 5.91 Å². The van der Waals surface area contributed by atoms with Gasteiger partial charge in [-0.2, -0.15) is 0 Å². The maximum absolute atomic E-state index is 12.6. The number of carbonyl (C=O) groups is 3. The van der Waals surface area contributed by atoms with Crippen molar-refractivity contribution in [2.45, 2.75) is 65.3 Å². The molecule has 160 valence electrons. The van der Waals surface area contributed by atoms with Crippen LogP contribution in [0.25, 0.3) is 0 Å². The van der Waals surface area contributed by atoms with Gasteiger partial charge in [0, 0.05) is 24.8 Å². The minimum atomic E-state index is -0.817. The average Bonchev–Trinajstić information content (AvgIpc) is 3.11. The van der Waals surface area contributed by atoms with E-state index < -0.39 is 17.7 Å². The van der Waals surface area contributed by atoms with Crippen molar-refractivity contribution in [2.24, 2.45) is 16.9 Å². The van der Waals surface area contributed by atoms with E-state index >= 15 is 0 Å². The zero-order chi connectivity index (χ0) is 19.8. The van der Waals surface area contributed by atoms with E-state index in [9.17, 15) is 14.4 Å². The fourth-order valence-electron chi connectivity index (χ4n) is 3.48. The van der Waals surface area contributed by atoms with Crippen LogP contribution in [0.1, 0.15) is 59.3 Å². The molecule has 0 aromatic carbocycles. The quantitative estimate of drug-likeness (QED) is 0.454. The number of halogens is 1. The van der Waals surface area contributed by atoms with Crippen LogP contribution in [-0.2, 0) is 14.4 Å². The number of carbonyl (C=O) groups excluding carboxylic acids is 3. The number of thioether (sulfide) groups is 1. The van der Waals surface area contributed by atoms with Crippen molar-refractivity contribution >= 4 is 46.9 Å². The Morgan fingerprint density at radius 2 is 1.89 bits per heavy atom. The monoisotopic (exact) mass is 432 g/mol. The average molecular weight is 433 g/mol. The molecule has 2 amide bonds. The molecule has 0 aromatic rings. The van der Waals surface area contributed by atoms with Gasteiger partial charge in [0.15, 0.2) is 5.17 Å². The molecule has 0 spiro atoms. The number of hydrazone groups is 1. The standard InChI is InChI=1S/C19H32N4O3S.ClH/c1-4-10-23-11-12-27-19(23)22-21-18(26)16(24)15(13(2)3)20-17(25)14-8-6-5-7-9-14;/h13-15H,4-12H2,1-3H3,(H,20,25)(H,21,26);1H/t15-;/m0./s1. The van der Waals surface area contributed by atoms with Crippen molar-refractivity contribution in [2.75, 3.05) is 18.8 Å². The topological polar surface area (TPSA) is 90.9 Å². The predicted octanol–water partition coefficient (Wildman–Crippen LogP) is 2.54. The smallest absolute Gasteiger partial charge is 0.309 e. The summed E-state index contributed by atoms with van der Waals surface area (Å²) in [5.74, 6) is -0.803. The maximum Gasteiger partial charge on any atom is 0.309 e. The third-order valence-electron chi connectivity index (χ3n) is 5.06. The minimum Gasteiger partial charge on any atom is -0.349 e. The summed E-state index contributed by atoms with van der Waals surface area (Å²) in [5, 5.41) is 7.68. The predicted molar refractivity (Wildman–Crippen MR) is 115 cm³/mol. The first-order valence-electron chi connectivity index (χ1n) is 10.0. The Morgan fingerprint density at radius 3 is 2.50 bits per heavy atom. The molecule has 28 heavy (non-hydrogen) atoms. The maximum atomic E-state index is 12.6. The first-order chi connectivity index (χ1) is 12.9. The Bertz CT molecular complexity index is 580. The lowest BCUT2D eigenvalue weighted by Gasteiger charge is -2.25. The van der Waals surface area contributed by atoms with Crippen molar-refractivity contribution in [1.82, 2.24) is 15.6 Å². The second kappa shape index (κ2) is 12.3. The van der Waals surface area contributed by atoms with Gasteiger partial charge in [0.1, 0.15) is 0 Å². The highest BCUT2D eigenvalue weighted by molar-refractivity contribution is 8.14. The molecule has 1 heterocycles. The lowest BCUT2D eigenvalue weighted by atomic mass is 9.88. The Kier molecular flexibility index (Phi) is 10.9. The van der Waals surface area contributed by atoms with E-state index in [0.29, 0.717) is 0 Å². The number of hydrogen-bond donors (Lipinski definition) is 2. The van der Waals surface area contributed by atoms with Crippen LogP contribution in [-0.4, -0.2) is 52.5 Å². The fraction of sp³-hybridized carbons (Fsp3) is 0.789. The SMILES string of the molecule is CCCN1CCSC1=NNC(=O)C(=O)[C@@H](NC(=O)C1CCCCC1)C(C)C.Cl. The Morgan fingerprint density at radius 1 is 1.21 bits per heavy atom. The van der Waals surface area contributed by atoms with E-state index in [1.807, 2.05) is 13.8 Å². The summed E-state index contributed by atoms with van der Waals surface area (Å²) >= 11 is 1.57. The van der Waals surface area contributed by atoms with Gasteiger partial charge < -0.3 is 10.2 Å². The molecule has 0 radical (unpaired) electrons. The second-order valence-corrected chi connectivity index (χ2v) is 8.66. The molecule has 2 aliphatic rings. The molecule has 1 atom stereocenters. The van der Waals surface area contributed by atoms with E-state index in [0.717, 1.165) is 62.5 Å². The van der Waals surface area contributed by atoms with Gasteiger partial charge in [-0.15, -0.1) is 17.5 Å². The van der Waals surface area contributed by atoms with Crippen LogP contribution in [0.5, 0.6) is 0 Å². The summed E-state index contributed by atoms with van der Waals surface area (Å²) < 4.78 is 0. The fourth-order valence-corrected chi connectivity index (χ4v) is 4.45. The van der Waals surface area contributed by atoms with Crippen LogP contribution in [0.2, 0.25) is 0 Å². The summed E-state index contributed by atoms with van der Waals surface area (Å²) in [7, 11) is 0. The van der Waals surface area contributed by atoms with Crippen LogP contribution in [0.15, 0.2) is 5.10 Å².